The number of benzene rings is 2. The van der Waals surface area contributed by atoms with Crippen molar-refractivity contribution < 1.29 is 5.11 Å². The Morgan fingerprint density at radius 3 is 2.37 bits per heavy atom. The van der Waals surface area contributed by atoms with E-state index < -0.39 is 5.60 Å². The van der Waals surface area contributed by atoms with Gasteiger partial charge in [-0.25, -0.2) is 0 Å². The summed E-state index contributed by atoms with van der Waals surface area (Å²) in [6, 6.07) is 16.0. The molecule has 0 bridgehead atoms. The molecular formula is C17H21NO. The molecule has 0 saturated heterocycles. The largest absolute Gasteiger partial charge is 0.384 e. The van der Waals surface area contributed by atoms with Crippen LogP contribution < -0.4 is 5.32 Å². The van der Waals surface area contributed by atoms with Crippen molar-refractivity contribution in [3.8, 4) is 0 Å². The van der Waals surface area contributed by atoms with Gasteiger partial charge in [0.15, 0.2) is 0 Å². The third kappa shape index (κ3) is 3.36. The van der Waals surface area contributed by atoms with E-state index in [-0.39, 0.29) is 0 Å². The smallest absolute Gasteiger partial charge is 0.104 e. The van der Waals surface area contributed by atoms with Crippen LogP contribution in [0.15, 0.2) is 48.5 Å². The van der Waals surface area contributed by atoms with Crippen LogP contribution >= 0.6 is 0 Å². The van der Waals surface area contributed by atoms with Gasteiger partial charge in [0.05, 0.1) is 0 Å². The van der Waals surface area contributed by atoms with Gasteiger partial charge in [-0.05, 0) is 38.0 Å². The van der Waals surface area contributed by atoms with Crippen molar-refractivity contribution in [3.63, 3.8) is 0 Å². The Bertz CT molecular complexity index is 546. The first kappa shape index (κ1) is 13.6. The van der Waals surface area contributed by atoms with Crippen LogP contribution in [-0.2, 0) is 5.60 Å². The Morgan fingerprint density at radius 2 is 1.74 bits per heavy atom. The molecule has 2 N–H and O–H groups in total. The van der Waals surface area contributed by atoms with Crippen LogP contribution in [0.1, 0.15) is 23.6 Å². The number of hydrogen-bond acceptors (Lipinski definition) is 2. The number of aryl methyl sites for hydroxylation is 2. The Morgan fingerprint density at radius 1 is 1.05 bits per heavy atom. The second-order valence-electron chi connectivity index (χ2n) is 5.31. The van der Waals surface area contributed by atoms with Gasteiger partial charge >= 0.3 is 0 Å². The van der Waals surface area contributed by atoms with Gasteiger partial charge in [0.25, 0.3) is 0 Å². The molecular weight excluding hydrogens is 234 g/mol. The van der Waals surface area contributed by atoms with Gasteiger partial charge in [-0.2, -0.15) is 0 Å². The highest BCUT2D eigenvalue weighted by atomic mass is 16.3. The van der Waals surface area contributed by atoms with Crippen LogP contribution in [0.3, 0.4) is 0 Å². The zero-order chi connectivity index (χ0) is 13.9. The van der Waals surface area contributed by atoms with Gasteiger partial charge in [-0.3, -0.25) is 0 Å². The van der Waals surface area contributed by atoms with Gasteiger partial charge in [0, 0.05) is 12.2 Å². The first-order valence-corrected chi connectivity index (χ1v) is 6.58. The molecule has 100 valence electrons. The molecule has 1 unspecified atom stereocenters. The van der Waals surface area contributed by atoms with Gasteiger partial charge in [-0.15, -0.1) is 0 Å². The molecule has 0 saturated carbocycles. The van der Waals surface area contributed by atoms with Crippen LogP contribution in [0.2, 0.25) is 0 Å². The number of aliphatic hydroxyl groups is 1. The van der Waals surface area contributed by atoms with Crippen LogP contribution in [0, 0.1) is 13.8 Å². The lowest BCUT2D eigenvalue weighted by atomic mass is 9.96. The van der Waals surface area contributed by atoms with Gasteiger partial charge in [0.1, 0.15) is 5.60 Å². The van der Waals surface area contributed by atoms with Crippen molar-refractivity contribution in [1.82, 2.24) is 0 Å². The van der Waals surface area contributed by atoms with Crippen molar-refractivity contribution >= 4 is 5.69 Å². The normalized spacial score (nSPS) is 13.9. The summed E-state index contributed by atoms with van der Waals surface area (Å²) >= 11 is 0. The lowest BCUT2D eigenvalue weighted by Gasteiger charge is -2.25. The molecule has 0 aromatic heterocycles. The summed E-state index contributed by atoms with van der Waals surface area (Å²) in [6.07, 6.45) is 0. The Kier molecular flexibility index (Phi) is 3.91. The summed E-state index contributed by atoms with van der Waals surface area (Å²) in [5.41, 5.74) is 3.56. The SMILES string of the molecule is Cc1ccc(NCC(C)(O)c2ccccc2)c(C)c1. The maximum Gasteiger partial charge on any atom is 0.104 e. The van der Waals surface area contributed by atoms with Crippen LogP contribution in [-0.4, -0.2) is 11.7 Å². The van der Waals surface area contributed by atoms with Crippen molar-refractivity contribution in [2.45, 2.75) is 26.4 Å². The van der Waals surface area contributed by atoms with E-state index in [0.29, 0.717) is 6.54 Å². The first-order chi connectivity index (χ1) is 8.99. The molecule has 0 spiro atoms. The second kappa shape index (κ2) is 5.45. The fourth-order valence-corrected chi connectivity index (χ4v) is 2.18. The number of hydrogen-bond donors (Lipinski definition) is 2. The van der Waals surface area contributed by atoms with E-state index in [9.17, 15) is 5.11 Å². The fraction of sp³-hybridized carbons (Fsp3) is 0.294. The zero-order valence-corrected chi connectivity index (χ0v) is 11.8. The number of nitrogens with one attached hydrogen (secondary N) is 1. The summed E-state index contributed by atoms with van der Waals surface area (Å²) in [5.74, 6) is 0. The molecule has 0 aliphatic rings. The molecule has 2 heteroatoms. The standard InChI is InChI=1S/C17H21NO/c1-13-9-10-16(14(2)11-13)18-12-17(3,19)15-7-5-4-6-8-15/h4-11,18-19H,12H2,1-3H3. The summed E-state index contributed by atoms with van der Waals surface area (Å²) in [5, 5.41) is 13.9. The summed E-state index contributed by atoms with van der Waals surface area (Å²) in [4.78, 5) is 0. The summed E-state index contributed by atoms with van der Waals surface area (Å²) < 4.78 is 0. The minimum Gasteiger partial charge on any atom is -0.384 e. The molecule has 2 aromatic carbocycles. The zero-order valence-electron chi connectivity index (χ0n) is 11.8. The maximum absolute atomic E-state index is 10.5. The number of anilines is 1. The third-order valence-corrected chi connectivity index (χ3v) is 3.40. The van der Waals surface area contributed by atoms with E-state index in [2.05, 4.69) is 37.4 Å². The Labute approximate surface area is 115 Å². The topological polar surface area (TPSA) is 32.3 Å². The molecule has 0 heterocycles. The molecule has 0 aliphatic heterocycles. The van der Waals surface area contributed by atoms with Crippen LogP contribution in [0.25, 0.3) is 0 Å². The molecule has 2 nitrogen and oxygen atoms in total. The maximum atomic E-state index is 10.5. The lowest BCUT2D eigenvalue weighted by Crippen LogP contribution is -2.30. The molecule has 2 rings (SSSR count). The quantitative estimate of drug-likeness (QED) is 0.874. The predicted molar refractivity (Wildman–Crippen MR) is 80.4 cm³/mol. The van der Waals surface area contributed by atoms with E-state index in [0.717, 1.165) is 11.3 Å². The van der Waals surface area contributed by atoms with E-state index in [1.165, 1.54) is 11.1 Å². The predicted octanol–water partition coefficient (Wildman–Crippen LogP) is 3.62. The van der Waals surface area contributed by atoms with E-state index in [4.69, 9.17) is 0 Å². The minimum absolute atomic E-state index is 0.487. The molecule has 0 fully saturated rings. The van der Waals surface area contributed by atoms with Crippen LogP contribution in [0.4, 0.5) is 5.69 Å². The molecule has 0 amide bonds. The highest BCUT2D eigenvalue weighted by Gasteiger charge is 2.22. The van der Waals surface area contributed by atoms with E-state index in [1.807, 2.05) is 37.3 Å². The third-order valence-electron chi connectivity index (χ3n) is 3.40. The highest BCUT2D eigenvalue weighted by Crippen LogP contribution is 2.22. The lowest BCUT2D eigenvalue weighted by molar-refractivity contribution is 0.0715. The Balaban J connectivity index is 2.09. The van der Waals surface area contributed by atoms with E-state index in [1.54, 1.807) is 0 Å². The first-order valence-electron chi connectivity index (χ1n) is 6.58. The Hall–Kier alpha value is -1.80. The average Bonchev–Trinajstić information content (AvgIpc) is 2.39. The summed E-state index contributed by atoms with van der Waals surface area (Å²) in [6.45, 7) is 6.48. The van der Waals surface area contributed by atoms with Crippen molar-refractivity contribution in [2.24, 2.45) is 0 Å². The molecule has 1 atom stereocenters. The summed E-state index contributed by atoms with van der Waals surface area (Å²) in [7, 11) is 0. The highest BCUT2D eigenvalue weighted by molar-refractivity contribution is 5.52. The monoisotopic (exact) mass is 255 g/mol. The molecule has 0 radical (unpaired) electrons. The van der Waals surface area contributed by atoms with Crippen LogP contribution in [0.5, 0.6) is 0 Å². The molecule has 19 heavy (non-hydrogen) atoms. The average molecular weight is 255 g/mol. The van der Waals surface area contributed by atoms with Crippen molar-refractivity contribution in [3.05, 3.63) is 65.2 Å². The second-order valence-corrected chi connectivity index (χ2v) is 5.31. The molecule has 2 aromatic rings. The fourth-order valence-electron chi connectivity index (χ4n) is 2.18. The van der Waals surface area contributed by atoms with Crippen molar-refractivity contribution in [1.29, 1.82) is 0 Å². The van der Waals surface area contributed by atoms with Gasteiger partial charge in [0.2, 0.25) is 0 Å². The van der Waals surface area contributed by atoms with Crippen molar-refractivity contribution in [2.75, 3.05) is 11.9 Å². The number of rotatable bonds is 4. The molecule has 0 aliphatic carbocycles. The van der Waals surface area contributed by atoms with E-state index >= 15 is 0 Å². The van der Waals surface area contributed by atoms with Gasteiger partial charge < -0.3 is 10.4 Å². The van der Waals surface area contributed by atoms with Gasteiger partial charge in [-0.1, -0.05) is 48.0 Å². The minimum atomic E-state index is -0.876.